The molecule has 0 fully saturated rings. The van der Waals surface area contributed by atoms with Gasteiger partial charge < -0.3 is 19.3 Å². The third-order valence-corrected chi connectivity index (χ3v) is 2.33. The van der Waals surface area contributed by atoms with Crippen LogP contribution >= 0.6 is 0 Å². The minimum Gasteiger partial charge on any atom is -0.493 e. The lowest BCUT2D eigenvalue weighted by molar-refractivity contribution is 0.0778. The van der Waals surface area contributed by atoms with Gasteiger partial charge in [0.25, 0.3) is 0 Å². The number of carbonyl (C=O) groups excluding carboxylic acids is 1. The average molecular weight is 240 g/mol. The SMILES string of the molecule is COc1cc(C(=O)[C@H](C)O)cc(OC)c1OC. The summed E-state index contributed by atoms with van der Waals surface area (Å²) < 4.78 is 15.4. The quantitative estimate of drug-likeness (QED) is 0.785. The third kappa shape index (κ3) is 2.68. The van der Waals surface area contributed by atoms with Gasteiger partial charge in [-0.15, -0.1) is 0 Å². The number of rotatable bonds is 5. The summed E-state index contributed by atoms with van der Waals surface area (Å²) in [6, 6.07) is 3.02. The summed E-state index contributed by atoms with van der Waals surface area (Å²) >= 11 is 0. The Hall–Kier alpha value is -1.75. The normalized spacial score (nSPS) is 11.8. The fraction of sp³-hybridized carbons (Fsp3) is 0.417. The van der Waals surface area contributed by atoms with Gasteiger partial charge >= 0.3 is 0 Å². The highest BCUT2D eigenvalue weighted by molar-refractivity contribution is 6.00. The molecule has 1 rings (SSSR count). The molecule has 5 heteroatoms. The van der Waals surface area contributed by atoms with Gasteiger partial charge in [-0.3, -0.25) is 4.79 Å². The summed E-state index contributed by atoms with van der Waals surface area (Å²) in [6.45, 7) is 1.41. The van der Waals surface area contributed by atoms with Gasteiger partial charge in [0.15, 0.2) is 17.3 Å². The predicted octanol–water partition coefficient (Wildman–Crippen LogP) is 1.28. The molecule has 0 unspecified atom stereocenters. The maximum Gasteiger partial charge on any atom is 0.203 e. The van der Waals surface area contributed by atoms with E-state index in [9.17, 15) is 9.90 Å². The van der Waals surface area contributed by atoms with Crippen molar-refractivity contribution in [2.45, 2.75) is 13.0 Å². The summed E-state index contributed by atoms with van der Waals surface area (Å²) in [7, 11) is 4.42. The molecule has 0 aliphatic heterocycles. The Bertz CT molecular complexity index is 386. The van der Waals surface area contributed by atoms with Gasteiger partial charge in [-0.2, -0.15) is 0 Å². The molecule has 0 heterocycles. The molecule has 1 aromatic rings. The van der Waals surface area contributed by atoms with E-state index in [1.165, 1.54) is 40.4 Å². The smallest absolute Gasteiger partial charge is 0.203 e. The van der Waals surface area contributed by atoms with Crippen molar-refractivity contribution in [3.63, 3.8) is 0 Å². The molecule has 94 valence electrons. The maximum absolute atomic E-state index is 11.7. The Balaban J connectivity index is 3.32. The number of methoxy groups -OCH3 is 3. The second-order valence-corrected chi connectivity index (χ2v) is 3.45. The number of carbonyl (C=O) groups is 1. The van der Waals surface area contributed by atoms with Gasteiger partial charge in [-0.1, -0.05) is 0 Å². The molecule has 1 atom stereocenters. The van der Waals surface area contributed by atoms with E-state index in [0.29, 0.717) is 22.8 Å². The number of aliphatic hydroxyl groups is 1. The Morgan fingerprint density at radius 2 is 1.59 bits per heavy atom. The molecule has 0 aliphatic carbocycles. The van der Waals surface area contributed by atoms with Crippen molar-refractivity contribution in [1.29, 1.82) is 0 Å². The lowest BCUT2D eigenvalue weighted by atomic mass is 10.1. The summed E-state index contributed by atoms with van der Waals surface area (Å²) in [6.07, 6.45) is -1.07. The number of hydrogen-bond acceptors (Lipinski definition) is 5. The first-order valence-electron chi connectivity index (χ1n) is 5.07. The summed E-state index contributed by atoms with van der Waals surface area (Å²) in [4.78, 5) is 11.7. The lowest BCUT2D eigenvalue weighted by Gasteiger charge is -2.14. The van der Waals surface area contributed by atoms with Crippen LogP contribution in [-0.4, -0.2) is 38.3 Å². The van der Waals surface area contributed by atoms with Gasteiger partial charge in [0, 0.05) is 5.56 Å². The second kappa shape index (κ2) is 5.54. The van der Waals surface area contributed by atoms with E-state index in [4.69, 9.17) is 14.2 Å². The van der Waals surface area contributed by atoms with Gasteiger partial charge in [0.05, 0.1) is 21.3 Å². The summed E-state index contributed by atoms with van der Waals surface area (Å²) in [5.74, 6) is 0.785. The zero-order valence-corrected chi connectivity index (χ0v) is 10.3. The highest BCUT2D eigenvalue weighted by Crippen LogP contribution is 2.38. The molecule has 0 bridgehead atoms. The first kappa shape index (κ1) is 13.3. The molecule has 1 aromatic carbocycles. The number of hydrogen-bond donors (Lipinski definition) is 1. The van der Waals surface area contributed by atoms with E-state index in [1.807, 2.05) is 0 Å². The highest BCUT2D eigenvalue weighted by atomic mass is 16.5. The van der Waals surface area contributed by atoms with Crippen LogP contribution in [0.15, 0.2) is 12.1 Å². The largest absolute Gasteiger partial charge is 0.493 e. The molecule has 0 saturated carbocycles. The predicted molar refractivity (Wildman–Crippen MR) is 62.1 cm³/mol. The topological polar surface area (TPSA) is 65.0 Å². The molecule has 0 aromatic heterocycles. The van der Waals surface area contributed by atoms with Crippen LogP contribution in [0.1, 0.15) is 17.3 Å². The molecule has 17 heavy (non-hydrogen) atoms. The number of ketones is 1. The van der Waals surface area contributed by atoms with Crippen LogP contribution in [0.3, 0.4) is 0 Å². The Morgan fingerprint density at radius 1 is 1.12 bits per heavy atom. The Kier molecular flexibility index (Phi) is 4.34. The number of aliphatic hydroxyl groups excluding tert-OH is 1. The van der Waals surface area contributed by atoms with Crippen LogP contribution in [0, 0.1) is 0 Å². The fourth-order valence-electron chi connectivity index (χ4n) is 1.46. The third-order valence-electron chi connectivity index (χ3n) is 2.33. The van der Waals surface area contributed by atoms with E-state index >= 15 is 0 Å². The van der Waals surface area contributed by atoms with Crippen molar-refractivity contribution >= 4 is 5.78 Å². The first-order chi connectivity index (χ1) is 8.04. The van der Waals surface area contributed by atoms with Crippen LogP contribution in [0.5, 0.6) is 17.2 Å². The van der Waals surface area contributed by atoms with E-state index in [-0.39, 0.29) is 0 Å². The monoisotopic (exact) mass is 240 g/mol. The molecule has 1 N–H and O–H groups in total. The van der Waals surface area contributed by atoms with Crippen molar-refractivity contribution < 1.29 is 24.1 Å². The van der Waals surface area contributed by atoms with Crippen LogP contribution in [0.4, 0.5) is 0 Å². The van der Waals surface area contributed by atoms with Crippen molar-refractivity contribution in [3.05, 3.63) is 17.7 Å². The maximum atomic E-state index is 11.7. The van der Waals surface area contributed by atoms with Crippen molar-refractivity contribution in [2.24, 2.45) is 0 Å². The van der Waals surface area contributed by atoms with Crippen molar-refractivity contribution in [1.82, 2.24) is 0 Å². The minimum absolute atomic E-state index is 0.314. The van der Waals surface area contributed by atoms with Crippen molar-refractivity contribution in [2.75, 3.05) is 21.3 Å². The molecular weight excluding hydrogens is 224 g/mol. The zero-order valence-electron chi connectivity index (χ0n) is 10.3. The van der Waals surface area contributed by atoms with E-state index < -0.39 is 11.9 Å². The van der Waals surface area contributed by atoms with E-state index in [0.717, 1.165) is 0 Å². The summed E-state index contributed by atoms with van der Waals surface area (Å²) in [5, 5.41) is 9.27. The Morgan fingerprint density at radius 3 is 1.88 bits per heavy atom. The fourth-order valence-corrected chi connectivity index (χ4v) is 1.46. The van der Waals surface area contributed by atoms with Crippen LogP contribution < -0.4 is 14.2 Å². The van der Waals surface area contributed by atoms with Crippen LogP contribution in [0.25, 0.3) is 0 Å². The minimum atomic E-state index is -1.07. The van der Waals surface area contributed by atoms with Gasteiger partial charge in [0.2, 0.25) is 5.75 Å². The molecule has 0 spiro atoms. The number of Topliss-reactive ketones (excluding diaryl/α,β-unsaturated/α-hetero) is 1. The Labute approximate surface area is 99.9 Å². The van der Waals surface area contributed by atoms with Crippen LogP contribution in [-0.2, 0) is 0 Å². The number of benzene rings is 1. The van der Waals surface area contributed by atoms with E-state index in [1.54, 1.807) is 0 Å². The van der Waals surface area contributed by atoms with Gasteiger partial charge in [-0.25, -0.2) is 0 Å². The standard InChI is InChI=1S/C12H16O5/c1-7(13)11(14)8-5-9(15-2)12(17-4)10(6-8)16-3/h5-7,13H,1-4H3/t7-/m0/s1. The molecular formula is C12H16O5. The lowest BCUT2D eigenvalue weighted by Crippen LogP contribution is -2.16. The zero-order chi connectivity index (χ0) is 13.0. The van der Waals surface area contributed by atoms with Gasteiger partial charge in [-0.05, 0) is 19.1 Å². The first-order valence-corrected chi connectivity index (χ1v) is 5.07. The van der Waals surface area contributed by atoms with Crippen LogP contribution in [0.2, 0.25) is 0 Å². The second-order valence-electron chi connectivity index (χ2n) is 3.45. The van der Waals surface area contributed by atoms with E-state index in [2.05, 4.69) is 0 Å². The van der Waals surface area contributed by atoms with Gasteiger partial charge in [0.1, 0.15) is 6.10 Å². The molecule has 0 radical (unpaired) electrons. The summed E-state index contributed by atoms with van der Waals surface area (Å²) in [5.41, 5.74) is 0.314. The average Bonchev–Trinajstić information content (AvgIpc) is 2.35. The number of ether oxygens (including phenoxy) is 3. The molecule has 5 nitrogen and oxygen atoms in total. The molecule has 0 saturated heterocycles. The van der Waals surface area contributed by atoms with Crippen molar-refractivity contribution in [3.8, 4) is 17.2 Å². The molecule has 0 amide bonds. The molecule has 0 aliphatic rings. The highest BCUT2D eigenvalue weighted by Gasteiger charge is 2.19.